The Morgan fingerprint density at radius 2 is 1.92 bits per heavy atom. The average Bonchev–Trinajstić information content (AvgIpc) is 3.61. The van der Waals surface area contributed by atoms with E-state index >= 15 is 0 Å². The minimum atomic E-state index is -0.697. The van der Waals surface area contributed by atoms with Crippen LogP contribution in [0.1, 0.15) is 49.7 Å². The van der Waals surface area contributed by atoms with E-state index < -0.39 is 11.6 Å². The molecule has 6 nitrogen and oxygen atoms in total. The normalized spacial score (nSPS) is 20.6. The molecule has 1 aromatic heterocycles. The zero-order chi connectivity index (χ0) is 25.1. The number of cyclic esters (lactones) is 1. The maximum atomic E-state index is 13.3. The van der Waals surface area contributed by atoms with Crippen LogP contribution < -0.4 is 4.74 Å². The summed E-state index contributed by atoms with van der Waals surface area (Å²) in [5.41, 5.74) is 2.58. The fraction of sp³-hybridized carbons (Fsp3) is 0.379. The molecule has 0 amide bonds. The predicted molar refractivity (Wildman–Crippen MR) is 139 cm³/mol. The zero-order valence-corrected chi connectivity index (χ0v) is 21.2. The van der Waals surface area contributed by atoms with Gasteiger partial charge in [-0.15, -0.1) is 0 Å². The van der Waals surface area contributed by atoms with Crippen LogP contribution in [0.3, 0.4) is 0 Å². The Morgan fingerprint density at radius 3 is 2.56 bits per heavy atom. The highest BCUT2D eigenvalue weighted by Crippen LogP contribution is 2.46. The zero-order valence-electron chi connectivity index (χ0n) is 20.5. The van der Waals surface area contributed by atoms with Crippen LogP contribution >= 0.6 is 11.6 Å². The maximum absolute atomic E-state index is 13.3. The van der Waals surface area contributed by atoms with Crippen molar-refractivity contribution < 1.29 is 19.4 Å². The van der Waals surface area contributed by atoms with Crippen molar-refractivity contribution in [2.75, 3.05) is 7.11 Å². The molecule has 2 aliphatic rings. The van der Waals surface area contributed by atoms with Crippen molar-refractivity contribution >= 4 is 17.6 Å². The lowest BCUT2D eigenvalue weighted by Gasteiger charge is -2.42. The quantitative estimate of drug-likeness (QED) is 0.358. The lowest BCUT2D eigenvalue weighted by Crippen LogP contribution is -2.46. The first-order chi connectivity index (χ1) is 17.5. The molecule has 1 fully saturated rings. The third-order valence-corrected chi connectivity index (χ3v) is 7.89. The van der Waals surface area contributed by atoms with Crippen LogP contribution in [0, 0.1) is 5.92 Å². The summed E-state index contributed by atoms with van der Waals surface area (Å²) in [5, 5.41) is 15.9. The van der Waals surface area contributed by atoms with Crippen molar-refractivity contribution in [1.82, 2.24) is 9.78 Å². The highest BCUT2D eigenvalue weighted by molar-refractivity contribution is 6.32. The number of hydrogen-bond acceptors (Lipinski definition) is 5. The highest BCUT2D eigenvalue weighted by Gasteiger charge is 2.47. The number of methoxy groups -OCH3 is 1. The van der Waals surface area contributed by atoms with Gasteiger partial charge in [0.2, 0.25) is 0 Å². The number of hydrogen-bond donors (Lipinski definition) is 1. The monoisotopic (exact) mass is 506 g/mol. The summed E-state index contributed by atoms with van der Waals surface area (Å²) in [6.45, 7) is 0. The molecule has 2 aromatic carbocycles. The van der Waals surface area contributed by atoms with Gasteiger partial charge in [-0.25, -0.2) is 9.48 Å². The number of aliphatic hydroxyl groups excluding tert-OH is 1. The van der Waals surface area contributed by atoms with Crippen LogP contribution in [0.4, 0.5) is 0 Å². The number of rotatable bonds is 8. The van der Waals surface area contributed by atoms with Gasteiger partial charge in [0, 0.05) is 25.2 Å². The van der Waals surface area contributed by atoms with E-state index in [0.717, 1.165) is 42.5 Å². The van der Waals surface area contributed by atoms with E-state index in [1.807, 2.05) is 54.7 Å². The molecule has 1 N–H and O–H groups in total. The van der Waals surface area contributed by atoms with E-state index in [0.29, 0.717) is 42.0 Å². The first-order valence-electron chi connectivity index (χ1n) is 12.5. The molecule has 3 aromatic rings. The second-order valence-electron chi connectivity index (χ2n) is 9.80. The fourth-order valence-electron chi connectivity index (χ4n) is 5.60. The largest absolute Gasteiger partial charge is 0.512 e. The van der Waals surface area contributed by atoms with Crippen LogP contribution in [0.15, 0.2) is 72.3 Å². The maximum Gasteiger partial charge on any atom is 0.338 e. The number of aromatic nitrogens is 2. The molecular weight excluding hydrogens is 476 g/mol. The fourth-order valence-corrected chi connectivity index (χ4v) is 5.88. The number of carbonyl (C=O) groups excluding carboxylic acids is 1. The van der Waals surface area contributed by atoms with Gasteiger partial charge in [0.25, 0.3) is 0 Å². The minimum absolute atomic E-state index is 0.155. The third-order valence-electron chi connectivity index (χ3n) is 7.60. The summed E-state index contributed by atoms with van der Waals surface area (Å²) in [6.07, 6.45) is 9.90. The van der Waals surface area contributed by atoms with Gasteiger partial charge in [0.05, 0.1) is 23.4 Å². The van der Waals surface area contributed by atoms with E-state index in [2.05, 4.69) is 5.10 Å². The molecule has 0 bridgehead atoms. The first kappa shape index (κ1) is 24.4. The van der Waals surface area contributed by atoms with Gasteiger partial charge in [0.1, 0.15) is 17.1 Å². The van der Waals surface area contributed by atoms with Gasteiger partial charge in [0.15, 0.2) is 0 Å². The van der Waals surface area contributed by atoms with Crippen LogP contribution in [0.25, 0.3) is 5.69 Å². The minimum Gasteiger partial charge on any atom is -0.512 e. The number of benzene rings is 2. The Kier molecular flexibility index (Phi) is 7.06. The van der Waals surface area contributed by atoms with Crippen molar-refractivity contribution in [3.63, 3.8) is 0 Å². The topological polar surface area (TPSA) is 73.6 Å². The third kappa shape index (κ3) is 5.00. The number of ether oxygens (including phenoxy) is 2. The van der Waals surface area contributed by atoms with Gasteiger partial charge >= 0.3 is 5.97 Å². The molecule has 1 saturated carbocycles. The molecule has 2 heterocycles. The molecule has 0 radical (unpaired) electrons. The predicted octanol–water partition coefficient (Wildman–Crippen LogP) is 6.40. The smallest absolute Gasteiger partial charge is 0.338 e. The van der Waals surface area contributed by atoms with Gasteiger partial charge in [-0.3, -0.25) is 0 Å². The molecular formula is C29H31ClN2O4. The SMILES string of the molecule is COc1ccc(CCC2(C3CCCC3)CC(O)=C(Cc3ccc(-n4cccn4)cc3)C(=O)O2)cc1Cl. The van der Waals surface area contributed by atoms with Crippen LogP contribution in [0.2, 0.25) is 5.02 Å². The number of halogens is 1. The number of carbonyl (C=O) groups is 1. The molecule has 1 aliphatic carbocycles. The molecule has 1 aliphatic heterocycles. The lowest BCUT2D eigenvalue weighted by atomic mass is 9.76. The number of aliphatic hydroxyl groups is 1. The Balaban J connectivity index is 1.35. The van der Waals surface area contributed by atoms with Gasteiger partial charge in [-0.05, 0) is 73.1 Å². The Hall–Kier alpha value is -3.25. The van der Waals surface area contributed by atoms with E-state index in [4.69, 9.17) is 21.1 Å². The Bertz CT molecular complexity index is 1250. The summed E-state index contributed by atoms with van der Waals surface area (Å²) in [7, 11) is 1.60. The summed E-state index contributed by atoms with van der Waals surface area (Å²) in [5.74, 6) is 0.627. The van der Waals surface area contributed by atoms with E-state index in [9.17, 15) is 9.90 Å². The molecule has 7 heteroatoms. The molecule has 1 atom stereocenters. The van der Waals surface area contributed by atoms with E-state index in [1.165, 1.54) is 0 Å². The molecule has 188 valence electrons. The lowest BCUT2D eigenvalue weighted by molar-refractivity contribution is -0.167. The summed E-state index contributed by atoms with van der Waals surface area (Å²) in [4.78, 5) is 13.3. The van der Waals surface area contributed by atoms with Crippen LogP contribution in [0.5, 0.6) is 5.75 Å². The van der Waals surface area contributed by atoms with E-state index in [1.54, 1.807) is 18.0 Å². The summed E-state index contributed by atoms with van der Waals surface area (Å²) in [6, 6.07) is 15.4. The van der Waals surface area contributed by atoms with Gasteiger partial charge < -0.3 is 14.6 Å². The van der Waals surface area contributed by atoms with E-state index in [-0.39, 0.29) is 11.7 Å². The Labute approximate surface area is 216 Å². The van der Waals surface area contributed by atoms with Crippen LogP contribution in [-0.2, 0) is 22.4 Å². The molecule has 0 spiro atoms. The van der Waals surface area contributed by atoms with Crippen molar-refractivity contribution in [1.29, 1.82) is 0 Å². The van der Waals surface area contributed by atoms with Crippen molar-refractivity contribution in [3.05, 3.63) is 88.4 Å². The van der Waals surface area contributed by atoms with Gasteiger partial charge in [-0.1, -0.05) is 42.6 Å². The summed E-state index contributed by atoms with van der Waals surface area (Å²) < 4.78 is 13.3. The van der Waals surface area contributed by atoms with Crippen molar-refractivity contribution in [3.8, 4) is 11.4 Å². The highest BCUT2D eigenvalue weighted by atomic mass is 35.5. The number of nitrogens with zero attached hydrogens (tertiary/aromatic N) is 2. The number of aryl methyl sites for hydroxylation is 1. The van der Waals surface area contributed by atoms with Crippen molar-refractivity contribution in [2.24, 2.45) is 5.92 Å². The van der Waals surface area contributed by atoms with Crippen LogP contribution in [-0.4, -0.2) is 33.6 Å². The average molecular weight is 507 g/mol. The number of esters is 1. The molecule has 1 unspecified atom stereocenters. The molecule has 36 heavy (non-hydrogen) atoms. The molecule has 5 rings (SSSR count). The molecule has 0 saturated heterocycles. The Morgan fingerprint density at radius 1 is 1.17 bits per heavy atom. The second kappa shape index (κ2) is 10.4. The second-order valence-corrected chi connectivity index (χ2v) is 10.2. The van der Waals surface area contributed by atoms with Crippen molar-refractivity contribution in [2.45, 2.75) is 57.0 Å². The van der Waals surface area contributed by atoms with Gasteiger partial charge in [-0.2, -0.15) is 5.10 Å². The first-order valence-corrected chi connectivity index (χ1v) is 12.9. The standard InChI is InChI=1S/C29H31ClN2O4/c1-35-27-12-9-21(18-25(27)30)13-14-29(22-5-2-3-6-22)19-26(33)24(28(34)36-29)17-20-7-10-23(11-8-20)32-16-4-15-31-32/h4,7-12,15-16,18,22,33H,2-3,5-6,13-14,17,19H2,1H3. The summed E-state index contributed by atoms with van der Waals surface area (Å²) >= 11 is 6.33.